The molecular weight excluding hydrogens is 574 g/mol. The molecule has 0 spiro atoms. The summed E-state index contributed by atoms with van der Waals surface area (Å²) >= 11 is 0. The van der Waals surface area contributed by atoms with E-state index in [1.54, 1.807) is 0 Å². The average Bonchev–Trinajstić information content (AvgIpc) is 3.55. The Balaban J connectivity index is 1.32. The van der Waals surface area contributed by atoms with Crippen LogP contribution in [0.2, 0.25) is 0 Å². The first-order valence-electron chi connectivity index (χ1n) is 15.7. The molecule has 9 rings (SSSR count). The summed E-state index contributed by atoms with van der Waals surface area (Å²) in [5.74, 6) is 1.86. The molecule has 0 atom stereocenters. The lowest BCUT2D eigenvalue weighted by Gasteiger charge is -2.13. The Bertz CT molecular complexity index is 2500. The highest BCUT2D eigenvalue weighted by molar-refractivity contribution is 6.20. The van der Waals surface area contributed by atoms with Crippen molar-refractivity contribution in [2.75, 3.05) is 0 Å². The quantitative estimate of drug-likeness (QED) is 0.197. The molecule has 0 saturated heterocycles. The molecule has 0 aliphatic carbocycles. The van der Waals surface area contributed by atoms with Gasteiger partial charge in [0.05, 0.1) is 0 Å². The molecule has 0 N–H and O–H groups in total. The lowest BCUT2D eigenvalue weighted by Crippen LogP contribution is -2.00. The molecule has 0 bridgehead atoms. The van der Waals surface area contributed by atoms with Crippen LogP contribution in [0.15, 0.2) is 168 Å². The van der Waals surface area contributed by atoms with E-state index in [0.29, 0.717) is 17.5 Å². The van der Waals surface area contributed by atoms with E-state index >= 15 is 0 Å². The average molecular weight is 602 g/mol. The van der Waals surface area contributed by atoms with Crippen LogP contribution in [-0.2, 0) is 0 Å². The second-order valence-electron chi connectivity index (χ2n) is 11.6. The van der Waals surface area contributed by atoms with Gasteiger partial charge in [0.15, 0.2) is 17.5 Å². The Morgan fingerprint density at radius 3 is 1.34 bits per heavy atom. The van der Waals surface area contributed by atoms with Crippen LogP contribution in [0.1, 0.15) is 0 Å². The van der Waals surface area contributed by atoms with Crippen LogP contribution in [-0.4, -0.2) is 15.0 Å². The molecule has 0 aliphatic heterocycles. The summed E-state index contributed by atoms with van der Waals surface area (Å²) in [4.78, 5) is 15.1. The number of rotatable bonds is 5. The van der Waals surface area contributed by atoms with Crippen LogP contribution in [0.25, 0.3) is 89.1 Å². The van der Waals surface area contributed by atoms with Crippen LogP contribution in [0, 0.1) is 0 Å². The lowest BCUT2D eigenvalue weighted by molar-refractivity contribution is 0.669. The molecule has 2 aromatic heterocycles. The van der Waals surface area contributed by atoms with Gasteiger partial charge in [-0.2, -0.15) is 0 Å². The molecule has 220 valence electrons. The molecule has 9 aromatic rings. The Kier molecular flexibility index (Phi) is 6.43. The van der Waals surface area contributed by atoms with Gasteiger partial charge in [0.25, 0.3) is 0 Å². The first kappa shape index (κ1) is 27.0. The molecule has 47 heavy (non-hydrogen) atoms. The summed E-state index contributed by atoms with van der Waals surface area (Å²) < 4.78 is 6.54. The molecule has 4 nitrogen and oxygen atoms in total. The number of fused-ring (bicyclic) bond motifs is 4. The predicted octanol–water partition coefficient (Wildman–Crippen LogP) is 11.3. The van der Waals surface area contributed by atoms with Crippen LogP contribution < -0.4 is 0 Å². The summed E-state index contributed by atoms with van der Waals surface area (Å²) in [6.07, 6.45) is 0. The topological polar surface area (TPSA) is 51.8 Å². The van der Waals surface area contributed by atoms with Crippen molar-refractivity contribution in [2.24, 2.45) is 0 Å². The molecule has 0 fully saturated rings. The van der Waals surface area contributed by atoms with Crippen molar-refractivity contribution < 1.29 is 4.42 Å². The van der Waals surface area contributed by atoms with Gasteiger partial charge in [-0.1, -0.05) is 152 Å². The highest BCUT2D eigenvalue weighted by Crippen LogP contribution is 2.44. The predicted molar refractivity (Wildman–Crippen MR) is 192 cm³/mol. The van der Waals surface area contributed by atoms with Crippen LogP contribution in [0.5, 0.6) is 0 Å². The van der Waals surface area contributed by atoms with Gasteiger partial charge in [0.2, 0.25) is 0 Å². The third-order valence-corrected chi connectivity index (χ3v) is 8.76. The summed E-state index contributed by atoms with van der Waals surface area (Å²) in [5, 5.41) is 4.42. The van der Waals surface area contributed by atoms with Crippen molar-refractivity contribution in [3.05, 3.63) is 164 Å². The van der Waals surface area contributed by atoms with Gasteiger partial charge in [-0.05, 0) is 45.2 Å². The monoisotopic (exact) mass is 601 g/mol. The number of hydrogen-bond acceptors (Lipinski definition) is 4. The molecule has 4 heteroatoms. The molecule has 0 aliphatic rings. The molecule has 0 radical (unpaired) electrons. The van der Waals surface area contributed by atoms with Crippen molar-refractivity contribution in [3.63, 3.8) is 0 Å². The van der Waals surface area contributed by atoms with Crippen LogP contribution >= 0.6 is 0 Å². The zero-order chi connectivity index (χ0) is 31.2. The zero-order valence-corrected chi connectivity index (χ0v) is 25.3. The zero-order valence-electron chi connectivity index (χ0n) is 25.3. The van der Waals surface area contributed by atoms with E-state index in [1.165, 1.54) is 21.9 Å². The van der Waals surface area contributed by atoms with Crippen molar-refractivity contribution in [1.82, 2.24) is 15.0 Å². The van der Waals surface area contributed by atoms with Crippen LogP contribution in [0.4, 0.5) is 0 Å². The van der Waals surface area contributed by atoms with Gasteiger partial charge in [0.1, 0.15) is 11.2 Å². The van der Waals surface area contributed by atoms with Crippen LogP contribution in [0.3, 0.4) is 0 Å². The molecule has 0 saturated carbocycles. The lowest BCUT2D eigenvalue weighted by atomic mass is 9.90. The SMILES string of the molecule is c1ccc(-c2nc(-c3ccccc3)nc(-c3cccc4oc5cccc(-c6ccc(-c7ccccc7)c7ccccc67)c5c34)n2)cc1. The maximum Gasteiger partial charge on any atom is 0.164 e. The van der Waals surface area contributed by atoms with E-state index in [9.17, 15) is 0 Å². The summed E-state index contributed by atoms with van der Waals surface area (Å²) in [6.45, 7) is 0. The van der Waals surface area contributed by atoms with Gasteiger partial charge < -0.3 is 4.42 Å². The summed E-state index contributed by atoms with van der Waals surface area (Å²) in [6, 6.07) is 56.3. The molecular formula is C43H27N3O. The van der Waals surface area contributed by atoms with Crippen molar-refractivity contribution in [3.8, 4) is 56.4 Å². The smallest absolute Gasteiger partial charge is 0.164 e. The molecule has 7 aromatic carbocycles. The Labute approximate surface area is 271 Å². The van der Waals surface area contributed by atoms with Crippen molar-refractivity contribution in [2.45, 2.75) is 0 Å². The summed E-state index contributed by atoms with van der Waals surface area (Å²) in [5.41, 5.74) is 9.03. The number of hydrogen-bond donors (Lipinski definition) is 0. The number of benzene rings is 7. The third-order valence-electron chi connectivity index (χ3n) is 8.76. The fourth-order valence-electron chi connectivity index (χ4n) is 6.61. The van der Waals surface area contributed by atoms with Gasteiger partial charge >= 0.3 is 0 Å². The molecule has 0 amide bonds. The number of furan rings is 1. The maximum atomic E-state index is 6.54. The van der Waals surface area contributed by atoms with E-state index in [2.05, 4.69) is 84.9 Å². The minimum Gasteiger partial charge on any atom is -0.456 e. The minimum absolute atomic E-state index is 0.602. The van der Waals surface area contributed by atoms with E-state index in [0.717, 1.165) is 49.8 Å². The molecule has 0 unspecified atom stereocenters. The first-order valence-corrected chi connectivity index (χ1v) is 15.7. The van der Waals surface area contributed by atoms with Gasteiger partial charge in [-0.15, -0.1) is 0 Å². The second kappa shape index (κ2) is 11.2. The highest BCUT2D eigenvalue weighted by atomic mass is 16.3. The fraction of sp³-hybridized carbons (Fsp3) is 0. The van der Waals surface area contributed by atoms with Gasteiger partial charge in [0, 0.05) is 27.5 Å². The Hall–Kier alpha value is -6.39. The third kappa shape index (κ3) is 4.66. The Morgan fingerprint density at radius 2 is 0.745 bits per heavy atom. The maximum absolute atomic E-state index is 6.54. The van der Waals surface area contributed by atoms with E-state index < -0.39 is 0 Å². The number of aromatic nitrogens is 3. The minimum atomic E-state index is 0.602. The van der Waals surface area contributed by atoms with Crippen molar-refractivity contribution >= 4 is 32.7 Å². The van der Waals surface area contributed by atoms with Crippen molar-refractivity contribution in [1.29, 1.82) is 0 Å². The standard InChI is InChI=1S/C43H27N3O/c1-4-14-28(15-5-1)31-26-27-34(33-21-11-10-20-32(31)33)35-22-12-24-37-39(35)40-36(23-13-25-38(40)47-37)43-45-41(29-16-6-2-7-17-29)44-42(46-43)30-18-8-3-9-19-30/h1-27H. The van der Waals surface area contributed by atoms with E-state index in [1.807, 2.05) is 78.9 Å². The highest BCUT2D eigenvalue weighted by Gasteiger charge is 2.21. The normalized spacial score (nSPS) is 11.4. The van der Waals surface area contributed by atoms with E-state index in [-0.39, 0.29) is 0 Å². The number of nitrogens with zero attached hydrogens (tertiary/aromatic N) is 3. The fourth-order valence-corrected chi connectivity index (χ4v) is 6.61. The van der Waals surface area contributed by atoms with Gasteiger partial charge in [-0.25, -0.2) is 15.0 Å². The van der Waals surface area contributed by atoms with E-state index in [4.69, 9.17) is 19.4 Å². The summed E-state index contributed by atoms with van der Waals surface area (Å²) in [7, 11) is 0. The second-order valence-corrected chi connectivity index (χ2v) is 11.6. The first-order chi connectivity index (χ1) is 23.3. The Morgan fingerprint density at radius 1 is 0.298 bits per heavy atom. The largest absolute Gasteiger partial charge is 0.456 e. The van der Waals surface area contributed by atoms with Gasteiger partial charge in [-0.3, -0.25) is 0 Å². The molecule has 2 heterocycles.